The fourth-order valence-electron chi connectivity index (χ4n) is 1.22. The normalized spacial score (nSPS) is 13.9. The van der Waals surface area contributed by atoms with Crippen molar-refractivity contribution in [2.75, 3.05) is 6.54 Å². The third-order valence-corrected chi connectivity index (χ3v) is 2.67. The third kappa shape index (κ3) is 8.68. The smallest absolute Gasteiger partial charge is 0.221 e. The van der Waals surface area contributed by atoms with Crippen molar-refractivity contribution < 1.29 is 9.59 Å². The molecule has 2 unspecified atom stereocenters. The Hall–Kier alpha value is -1.10. The maximum absolute atomic E-state index is 11.4. The molecule has 0 radical (unpaired) electrons. The zero-order valence-corrected chi connectivity index (χ0v) is 11.1. The number of nitrogens with two attached hydrogens (primary N) is 1. The maximum atomic E-state index is 11.4. The third-order valence-electron chi connectivity index (χ3n) is 2.67. The van der Waals surface area contributed by atoms with Gasteiger partial charge in [-0.25, -0.2) is 0 Å². The van der Waals surface area contributed by atoms with Crippen LogP contribution in [0.3, 0.4) is 0 Å². The van der Waals surface area contributed by atoms with Crippen molar-refractivity contribution in [1.82, 2.24) is 10.6 Å². The van der Waals surface area contributed by atoms with E-state index in [9.17, 15) is 9.59 Å². The highest BCUT2D eigenvalue weighted by Gasteiger charge is 2.08. The zero-order chi connectivity index (χ0) is 13.3. The van der Waals surface area contributed by atoms with Gasteiger partial charge in [0.15, 0.2) is 0 Å². The Morgan fingerprint density at radius 3 is 2.35 bits per heavy atom. The van der Waals surface area contributed by atoms with Crippen LogP contribution in [0.1, 0.15) is 46.5 Å². The van der Waals surface area contributed by atoms with Gasteiger partial charge < -0.3 is 16.4 Å². The molecule has 0 aromatic rings. The molecule has 0 rings (SSSR count). The molecular formula is C12H25N3O2. The van der Waals surface area contributed by atoms with E-state index in [1.165, 1.54) is 0 Å². The average Bonchev–Trinajstić information content (AvgIpc) is 2.28. The van der Waals surface area contributed by atoms with Gasteiger partial charge in [0, 0.05) is 31.5 Å². The highest BCUT2D eigenvalue weighted by Crippen LogP contribution is 1.93. The molecule has 0 bridgehead atoms. The van der Waals surface area contributed by atoms with E-state index in [2.05, 4.69) is 10.6 Å². The van der Waals surface area contributed by atoms with Gasteiger partial charge in [0.05, 0.1) is 0 Å². The largest absolute Gasteiger partial charge is 0.356 e. The summed E-state index contributed by atoms with van der Waals surface area (Å²) in [6, 6.07) is 0.0932. The van der Waals surface area contributed by atoms with Gasteiger partial charge in [0.1, 0.15) is 0 Å². The monoisotopic (exact) mass is 243 g/mol. The number of rotatable bonds is 8. The van der Waals surface area contributed by atoms with Gasteiger partial charge in [-0.1, -0.05) is 13.8 Å². The molecule has 0 fully saturated rings. The first-order valence-electron chi connectivity index (χ1n) is 6.31. The predicted octanol–water partition coefficient (Wildman–Crippen LogP) is 0.535. The van der Waals surface area contributed by atoms with Crippen LogP contribution in [-0.2, 0) is 9.59 Å². The number of carbonyl (C=O) groups is 2. The number of hydrogen-bond donors (Lipinski definition) is 3. The average molecular weight is 243 g/mol. The quantitative estimate of drug-likeness (QED) is 0.581. The SMILES string of the molecule is CCC(N)CC(=O)NCCC(=O)NC(C)CC. The lowest BCUT2D eigenvalue weighted by molar-refractivity contribution is -0.122. The van der Waals surface area contributed by atoms with Crippen LogP contribution < -0.4 is 16.4 Å². The topological polar surface area (TPSA) is 84.2 Å². The van der Waals surface area contributed by atoms with Crippen LogP contribution in [0.2, 0.25) is 0 Å². The van der Waals surface area contributed by atoms with E-state index in [1.807, 2.05) is 20.8 Å². The lowest BCUT2D eigenvalue weighted by atomic mass is 10.1. The minimum absolute atomic E-state index is 0.0283. The van der Waals surface area contributed by atoms with Crippen molar-refractivity contribution in [2.45, 2.75) is 58.5 Å². The first-order chi connectivity index (χ1) is 7.99. The molecule has 0 aliphatic rings. The summed E-state index contributed by atoms with van der Waals surface area (Å²) in [7, 11) is 0. The van der Waals surface area contributed by atoms with Crippen molar-refractivity contribution >= 4 is 11.8 Å². The lowest BCUT2D eigenvalue weighted by Crippen LogP contribution is -2.36. The molecular weight excluding hydrogens is 218 g/mol. The summed E-state index contributed by atoms with van der Waals surface area (Å²) in [5, 5.41) is 5.53. The summed E-state index contributed by atoms with van der Waals surface area (Å²) in [4.78, 5) is 22.7. The molecule has 17 heavy (non-hydrogen) atoms. The molecule has 0 heterocycles. The molecule has 100 valence electrons. The zero-order valence-electron chi connectivity index (χ0n) is 11.1. The molecule has 0 spiro atoms. The second kappa shape index (κ2) is 8.98. The van der Waals surface area contributed by atoms with Crippen LogP contribution >= 0.6 is 0 Å². The van der Waals surface area contributed by atoms with Crippen molar-refractivity contribution in [3.63, 3.8) is 0 Å². The first kappa shape index (κ1) is 15.9. The van der Waals surface area contributed by atoms with Crippen molar-refractivity contribution in [2.24, 2.45) is 5.73 Å². The Labute approximate surface area is 104 Å². The number of amides is 2. The van der Waals surface area contributed by atoms with E-state index in [4.69, 9.17) is 5.73 Å². The second-order valence-electron chi connectivity index (χ2n) is 4.35. The molecule has 0 saturated carbocycles. The summed E-state index contributed by atoms with van der Waals surface area (Å²) in [5.41, 5.74) is 5.65. The van der Waals surface area contributed by atoms with E-state index in [0.717, 1.165) is 12.8 Å². The fourth-order valence-corrected chi connectivity index (χ4v) is 1.22. The molecule has 0 aliphatic carbocycles. The van der Waals surface area contributed by atoms with Gasteiger partial charge in [-0.15, -0.1) is 0 Å². The first-order valence-corrected chi connectivity index (χ1v) is 6.31. The Kier molecular flexibility index (Phi) is 8.40. The molecule has 0 aliphatic heterocycles. The molecule has 0 aromatic heterocycles. The number of hydrogen-bond acceptors (Lipinski definition) is 3. The molecule has 4 N–H and O–H groups in total. The van der Waals surface area contributed by atoms with Crippen LogP contribution in [0.25, 0.3) is 0 Å². The lowest BCUT2D eigenvalue weighted by Gasteiger charge is -2.12. The van der Waals surface area contributed by atoms with Crippen LogP contribution in [0, 0.1) is 0 Å². The molecule has 5 heteroatoms. The van der Waals surface area contributed by atoms with Crippen molar-refractivity contribution in [3.8, 4) is 0 Å². The Morgan fingerprint density at radius 2 is 1.82 bits per heavy atom. The highest BCUT2D eigenvalue weighted by atomic mass is 16.2. The van der Waals surface area contributed by atoms with Crippen LogP contribution in [0.15, 0.2) is 0 Å². The highest BCUT2D eigenvalue weighted by molar-refractivity contribution is 5.79. The standard InChI is InChI=1S/C12H25N3O2/c1-4-9(3)15-11(16)6-7-14-12(17)8-10(13)5-2/h9-10H,4-8,13H2,1-3H3,(H,14,17)(H,15,16). The van der Waals surface area contributed by atoms with E-state index in [0.29, 0.717) is 19.4 Å². The van der Waals surface area contributed by atoms with E-state index in [1.54, 1.807) is 0 Å². The Morgan fingerprint density at radius 1 is 1.18 bits per heavy atom. The maximum Gasteiger partial charge on any atom is 0.221 e. The van der Waals surface area contributed by atoms with Crippen molar-refractivity contribution in [3.05, 3.63) is 0 Å². The Balaban J connectivity index is 3.62. The van der Waals surface area contributed by atoms with Gasteiger partial charge in [-0.05, 0) is 19.8 Å². The van der Waals surface area contributed by atoms with Crippen LogP contribution in [-0.4, -0.2) is 30.4 Å². The molecule has 5 nitrogen and oxygen atoms in total. The number of carbonyl (C=O) groups excluding carboxylic acids is 2. The summed E-state index contributed by atoms with van der Waals surface area (Å²) in [6.07, 6.45) is 2.33. The van der Waals surface area contributed by atoms with Crippen molar-refractivity contribution in [1.29, 1.82) is 0 Å². The van der Waals surface area contributed by atoms with Gasteiger partial charge >= 0.3 is 0 Å². The summed E-state index contributed by atoms with van der Waals surface area (Å²) in [5.74, 6) is -0.116. The fraction of sp³-hybridized carbons (Fsp3) is 0.833. The molecule has 2 amide bonds. The van der Waals surface area contributed by atoms with E-state index in [-0.39, 0.29) is 23.9 Å². The van der Waals surface area contributed by atoms with E-state index < -0.39 is 0 Å². The molecule has 2 atom stereocenters. The van der Waals surface area contributed by atoms with Gasteiger partial charge in [-0.3, -0.25) is 9.59 Å². The minimum Gasteiger partial charge on any atom is -0.356 e. The number of nitrogens with one attached hydrogen (secondary N) is 2. The van der Waals surface area contributed by atoms with Gasteiger partial charge in [0.25, 0.3) is 0 Å². The Bertz CT molecular complexity index is 220. The predicted molar refractivity (Wildman–Crippen MR) is 68.4 cm³/mol. The van der Waals surface area contributed by atoms with Gasteiger partial charge in [-0.2, -0.15) is 0 Å². The van der Waals surface area contributed by atoms with Gasteiger partial charge in [0.2, 0.25) is 11.8 Å². The van der Waals surface area contributed by atoms with Crippen LogP contribution in [0.5, 0.6) is 0 Å². The molecule has 0 aromatic carbocycles. The summed E-state index contributed by atoms with van der Waals surface area (Å²) in [6.45, 7) is 6.28. The van der Waals surface area contributed by atoms with E-state index >= 15 is 0 Å². The molecule has 0 saturated heterocycles. The van der Waals surface area contributed by atoms with Crippen LogP contribution in [0.4, 0.5) is 0 Å². The summed E-state index contributed by atoms with van der Waals surface area (Å²) < 4.78 is 0. The second-order valence-corrected chi connectivity index (χ2v) is 4.35. The minimum atomic E-state index is -0.0936. The summed E-state index contributed by atoms with van der Waals surface area (Å²) >= 11 is 0.